The SMILES string of the molecule is C=CCn1c(O[C@H](C)CN[C@@H](C)C(=O)OC)nc2cc(Cl)ccc2c1=O. The van der Waals surface area contributed by atoms with Gasteiger partial charge in [-0.3, -0.25) is 14.2 Å². The summed E-state index contributed by atoms with van der Waals surface area (Å²) in [4.78, 5) is 28.6. The molecule has 26 heavy (non-hydrogen) atoms. The van der Waals surface area contributed by atoms with Crippen molar-refractivity contribution in [2.24, 2.45) is 0 Å². The van der Waals surface area contributed by atoms with Crippen LogP contribution in [0.1, 0.15) is 13.8 Å². The third kappa shape index (κ3) is 4.62. The Bertz CT molecular complexity index is 865. The van der Waals surface area contributed by atoms with Crippen LogP contribution in [0.5, 0.6) is 6.01 Å². The molecular formula is C18H22ClN3O4. The molecule has 0 spiro atoms. The van der Waals surface area contributed by atoms with E-state index in [1.807, 2.05) is 6.92 Å². The molecule has 0 fully saturated rings. The molecule has 0 amide bonds. The van der Waals surface area contributed by atoms with Crippen molar-refractivity contribution in [2.75, 3.05) is 13.7 Å². The summed E-state index contributed by atoms with van der Waals surface area (Å²) in [5.74, 6) is -0.362. The van der Waals surface area contributed by atoms with Gasteiger partial charge in [0.15, 0.2) is 0 Å². The van der Waals surface area contributed by atoms with Crippen LogP contribution in [-0.2, 0) is 16.1 Å². The summed E-state index contributed by atoms with van der Waals surface area (Å²) in [6.07, 6.45) is 1.25. The van der Waals surface area contributed by atoms with Gasteiger partial charge in [0, 0.05) is 18.1 Å². The second-order valence-corrected chi connectivity index (χ2v) is 6.28. The van der Waals surface area contributed by atoms with E-state index in [1.165, 1.54) is 11.7 Å². The van der Waals surface area contributed by atoms with Gasteiger partial charge in [-0.1, -0.05) is 17.7 Å². The molecule has 1 aromatic heterocycles. The molecule has 1 heterocycles. The lowest BCUT2D eigenvalue weighted by molar-refractivity contribution is -0.142. The standard InChI is InChI=1S/C18H22ClN3O4/c1-5-8-22-16(23)14-7-6-13(19)9-15(14)21-18(22)26-11(2)10-20-12(3)17(24)25-4/h5-7,9,11-12,20H,1,8,10H2,2-4H3/t11-,12+/m1/s1. The average Bonchev–Trinajstić information content (AvgIpc) is 2.61. The highest BCUT2D eigenvalue weighted by Crippen LogP contribution is 2.18. The second kappa shape index (κ2) is 8.82. The van der Waals surface area contributed by atoms with Crippen molar-refractivity contribution in [3.8, 4) is 6.01 Å². The van der Waals surface area contributed by atoms with Crippen molar-refractivity contribution in [3.63, 3.8) is 0 Å². The first kappa shape index (κ1) is 19.9. The third-order valence-electron chi connectivity index (χ3n) is 3.77. The maximum absolute atomic E-state index is 12.7. The third-order valence-corrected chi connectivity index (χ3v) is 4.00. The van der Waals surface area contributed by atoms with Crippen LogP contribution >= 0.6 is 11.6 Å². The summed E-state index contributed by atoms with van der Waals surface area (Å²) in [5.41, 5.74) is 0.227. The minimum absolute atomic E-state index is 0.171. The van der Waals surface area contributed by atoms with E-state index in [0.717, 1.165) is 0 Å². The Hall–Kier alpha value is -2.38. The molecule has 2 atom stereocenters. The summed E-state index contributed by atoms with van der Waals surface area (Å²) < 4.78 is 11.9. The topological polar surface area (TPSA) is 82.4 Å². The molecule has 0 saturated heterocycles. The van der Waals surface area contributed by atoms with E-state index >= 15 is 0 Å². The van der Waals surface area contributed by atoms with Gasteiger partial charge in [-0.2, -0.15) is 4.98 Å². The summed E-state index contributed by atoms with van der Waals surface area (Å²) in [5, 5.41) is 3.95. The molecule has 0 aliphatic heterocycles. The highest BCUT2D eigenvalue weighted by atomic mass is 35.5. The quantitative estimate of drug-likeness (QED) is 0.559. The van der Waals surface area contributed by atoms with Crippen molar-refractivity contribution < 1.29 is 14.3 Å². The summed E-state index contributed by atoms with van der Waals surface area (Å²) >= 11 is 6.00. The van der Waals surface area contributed by atoms with Crippen molar-refractivity contribution >= 4 is 28.5 Å². The molecule has 0 unspecified atom stereocenters. The number of esters is 1. The normalized spacial score (nSPS) is 13.2. The average molecular weight is 380 g/mol. The molecule has 1 N–H and O–H groups in total. The van der Waals surface area contributed by atoms with Gasteiger partial charge < -0.3 is 14.8 Å². The lowest BCUT2D eigenvalue weighted by atomic mass is 10.2. The van der Waals surface area contributed by atoms with Gasteiger partial charge in [0.1, 0.15) is 12.1 Å². The van der Waals surface area contributed by atoms with Crippen LogP contribution in [0, 0.1) is 0 Å². The number of hydrogen-bond donors (Lipinski definition) is 1. The largest absolute Gasteiger partial charge is 0.468 e. The Morgan fingerprint density at radius 1 is 1.46 bits per heavy atom. The van der Waals surface area contributed by atoms with Crippen LogP contribution in [0.25, 0.3) is 10.9 Å². The summed E-state index contributed by atoms with van der Waals surface area (Å²) in [6.45, 7) is 7.81. The first-order valence-electron chi connectivity index (χ1n) is 8.16. The number of carbonyl (C=O) groups excluding carboxylic acids is 1. The van der Waals surface area contributed by atoms with E-state index in [9.17, 15) is 9.59 Å². The van der Waals surface area contributed by atoms with Crippen molar-refractivity contribution in [1.29, 1.82) is 0 Å². The second-order valence-electron chi connectivity index (χ2n) is 5.84. The fraction of sp³-hybridized carbons (Fsp3) is 0.389. The van der Waals surface area contributed by atoms with Crippen molar-refractivity contribution in [3.05, 3.63) is 46.2 Å². The Morgan fingerprint density at radius 2 is 2.19 bits per heavy atom. The first-order chi connectivity index (χ1) is 12.4. The van der Waals surface area contributed by atoms with E-state index in [4.69, 9.17) is 16.3 Å². The monoisotopic (exact) mass is 379 g/mol. The molecule has 140 valence electrons. The molecule has 0 bridgehead atoms. The van der Waals surface area contributed by atoms with Crippen molar-refractivity contribution in [2.45, 2.75) is 32.5 Å². The number of methoxy groups -OCH3 is 1. The zero-order valence-electron chi connectivity index (χ0n) is 15.0. The van der Waals surface area contributed by atoms with E-state index in [-0.39, 0.29) is 30.2 Å². The van der Waals surface area contributed by atoms with Gasteiger partial charge in [0.05, 0.1) is 18.0 Å². The molecular weight excluding hydrogens is 358 g/mol. The molecule has 0 aliphatic carbocycles. The number of nitrogens with one attached hydrogen (secondary N) is 1. The fourth-order valence-electron chi connectivity index (χ4n) is 2.38. The Morgan fingerprint density at radius 3 is 2.85 bits per heavy atom. The van der Waals surface area contributed by atoms with Crippen LogP contribution in [0.4, 0.5) is 0 Å². The minimum Gasteiger partial charge on any atom is -0.468 e. The maximum atomic E-state index is 12.7. The Kier molecular flexibility index (Phi) is 6.76. The number of nitrogens with zero attached hydrogens (tertiary/aromatic N) is 2. The zero-order chi connectivity index (χ0) is 19.3. The predicted octanol–water partition coefficient (Wildman–Crippen LogP) is 2.15. The number of ether oxygens (including phenoxy) is 2. The van der Waals surface area contributed by atoms with Crippen LogP contribution in [0.15, 0.2) is 35.6 Å². The van der Waals surface area contributed by atoms with E-state index in [0.29, 0.717) is 22.5 Å². The number of fused-ring (bicyclic) bond motifs is 1. The van der Waals surface area contributed by atoms with Gasteiger partial charge in [0.2, 0.25) is 0 Å². The Balaban J connectivity index is 2.26. The highest BCUT2D eigenvalue weighted by molar-refractivity contribution is 6.31. The minimum atomic E-state index is -0.468. The smallest absolute Gasteiger partial charge is 0.322 e. The highest BCUT2D eigenvalue weighted by Gasteiger charge is 2.17. The number of aromatic nitrogens is 2. The summed E-state index contributed by atoms with van der Waals surface area (Å²) in [6, 6.07) is 4.60. The molecule has 8 heteroatoms. The molecule has 0 saturated carbocycles. The molecule has 7 nitrogen and oxygen atoms in total. The maximum Gasteiger partial charge on any atom is 0.322 e. The Labute approximate surface area is 156 Å². The van der Waals surface area contributed by atoms with Crippen LogP contribution < -0.4 is 15.6 Å². The molecule has 2 aromatic rings. The van der Waals surface area contributed by atoms with Crippen molar-refractivity contribution in [1.82, 2.24) is 14.9 Å². The number of allylic oxidation sites excluding steroid dienone is 1. The zero-order valence-corrected chi connectivity index (χ0v) is 15.7. The van der Waals surface area contributed by atoms with Crippen LogP contribution in [0.3, 0.4) is 0 Å². The number of halogens is 1. The molecule has 2 rings (SSSR count). The summed E-state index contributed by atoms with van der Waals surface area (Å²) in [7, 11) is 1.33. The molecule has 0 aliphatic rings. The fourth-order valence-corrected chi connectivity index (χ4v) is 2.54. The van der Waals surface area contributed by atoms with Gasteiger partial charge >= 0.3 is 5.97 Å². The lowest BCUT2D eigenvalue weighted by Gasteiger charge is -2.19. The van der Waals surface area contributed by atoms with Gasteiger partial charge in [-0.25, -0.2) is 0 Å². The number of hydrogen-bond acceptors (Lipinski definition) is 6. The van der Waals surface area contributed by atoms with Crippen LogP contribution in [0.2, 0.25) is 5.02 Å². The van der Waals surface area contributed by atoms with Gasteiger partial charge in [-0.15, -0.1) is 6.58 Å². The van der Waals surface area contributed by atoms with Gasteiger partial charge in [0.25, 0.3) is 11.6 Å². The predicted molar refractivity (Wildman–Crippen MR) is 101 cm³/mol. The number of benzene rings is 1. The first-order valence-corrected chi connectivity index (χ1v) is 8.54. The van der Waals surface area contributed by atoms with E-state index < -0.39 is 6.04 Å². The van der Waals surface area contributed by atoms with Crippen LogP contribution in [-0.4, -0.2) is 41.3 Å². The van der Waals surface area contributed by atoms with Gasteiger partial charge in [-0.05, 0) is 32.0 Å². The molecule has 1 aromatic carbocycles. The number of rotatable bonds is 8. The molecule has 0 radical (unpaired) electrons. The lowest BCUT2D eigenvalue weighted by Crippen LogP contribution is -2.40. The number of carbonyl (C=O) groups is 1. The van der Waals surface area contributed by atoms with E-state index in [1.54, 1.807) is 31.2 Å². The van der Waals surface area contributed by atoms with E-state index in [2.05, 4.69) is 21.6 Å².